The molecule has 90 valence electrons. The zero-order valence-electron chi connectivity index (χ0n) is 9.32. The summed E-state index contributed by atoms with van der Waals surface area (Å²) in [6.07, 6.45) is 1.45. The average Bonchev–Trinajstić information content (AvgIpc) is 2.75. The van der Waals surface area contributed by atoms with Crippen molar-refractivity contribution in [3.63, 3.8) is 0 Å². The van der Waals surface area contributed by atoms with Crippen molar-refractivity contribution in [1.29, 1.82) is 0 Å². The van der Waals surface area contributed by atoms with Gasteiger partial charge in [0.2, 0.25) is 0 Å². The molecule has 0 saturated carbocycles. The van der Waals surface area contributed by atoms with E-state index in [-0.39, 0.29) is 5.69 Å². The van der Waals surface area contributed by atoms with Gasteiger partial charge < -0.3 is 5.32 Å². The summed E-state index contributed by atoms with van der Waals surface area (Å²) in [5.41, 5.74) is 0.247. The molecule has 6 heteroatoms. The molecular formula is C11H12F2N4. The Morgan fingerprint density at radius 2 is 2.18 bits per heavy atom. The molecular weight excluding hydrogens is 226 g/mol. The van der Waals surface area contributed by atoms with Crippen LogP contribution in [-0.4, -0.2) is 14.8 Å². The Labute approximate surface area is 97.3 Å². The zero-order valence-corrected chi connectivity index (χ0v) is 9.32. The maximum atomic E-state index is 13.3. The van der Waals surface area contributed by atoms with Crippen molar-refractivity contribution >= 4 is 5.69 Å². The fourth-order valence-electron chi connectivity index (χ4n) is 1.50. The summed E-state index contributed by atoms with van der Waals surface area (Å²) in [4.78, 5) is 4.04. The molecule has 0 aliphatic rings. The van der Waals surface area contributed by atoms with Crippen LogP contribution in [0.4, 0.5) is 14.5 Å². The molecule has 1 aromatic carbocycles. The van der Waals surface area contributed by atoms with Gasteiger partial charge in [-0.25, -0.2) is 18.4 Å². The number of nitrogens with one attached hydrogen (secondary N) is 1. The first-order valence-electron chi connectivity index (χ1n) is 5.26. The number of benzene rings is 1. The van der Waals surface area contributed by atoms with E-state index in [1.54, 1.807) is 4.68 Å². The summed E-state index contributed by atoms with van der Waals surface area (Å²) < 4.78 is 27.7. The van der Waals surface area contributed by atoms with Crippen molar-refractivity contribution in [2.75, 3.05) is 5.32 Å². The number of halogens is 2. The molecule has 0 fully saturated rings. The van der Waals surface area contributed by atoms with Crippen molar-refractivity contribution in [2.24, 2.45) is 0 Å². The maximum absolute atomic E-state index is 13.3. The third-order valence-corrected chi connectivity index (χ3v) is 2.36. The molecule has 0 aliphatic carbocycles. The second-order valence-corrected chi connectivity index (χ2v) is 3.47. The van der Waals surface area contributed by atoms with Crippen LogP contribution in [0.5, 0.6) is 0 Å². The maximum Gasteiger partial charge on any atom is 0.149 e. The van der Waals surface area contributed by atoms with Crippen LogP contribution in [-0.2, 0) is 13.1 Å². The summed E-state index contributed by atoms with van der Waals surface area (Å²) in [7, 11) is 0. The first-order chi connectivity index (χ1) is 8.20. The summed E-state index contributed by atoms with van der Waals surface area (Å²) >= 11 is 0. The van der Waals surface area contributed by atoms with Gasteiger partial charge in [-0.2, -0.15) is 5.10 Å². The number of hydrogen-bond donors (Lipinski definition) is 1. The Balaban J connectivity index is 2.07. The Morgan fingerprint density at radius 3 is 2.88 bits per heavy atom. The Bertz CT molecular complexity index is 510. The van der Waals surface area contributed by atoms with Gasteiger partial charge in [-0.1, -0.05) is 0 Å². The van der Waals surface area contributed by atoms with E-state index in [9.17, 15) is 8.78 Å². The second kappa shape index (κ2) is 4.90. The molecule has 0 amide bonds. The van der Waals surface area contributed by atoms with Gasteiger partial charge in [0.15, 0.2) is 0 Å². The summed E-state index contributed by atoms with van der Waals surface area (Å²) in [5, 5.41) is 6.85. The van der Waals surface area contributed by atoms with Gasteiger partial charge in [-0.15, -0.1) is 0 Å². The van der Waals surface area contributed by atoms with Gasteiger partial charge in [-0.3, -0.25) is 0 Å². The predicted molar refractivity (Wildman–Crippen MR) is 59.4 cm³/mol. The van der Waals surface area contributed by atoms with Crippen LogP contribution in [0.2, 0.25) is 0 Å². The highest BCUT2D eigenvalue weighted by molar-refractivity contribution is 5.44. The molecule has 2 aromatic rings. The second-order valence-electron chi connectivity index (χ2n) is 3.47. The van der Waals surface area contributed by atoms with Crippen molar-refractivity contribution in [2.45, 2.75) is 20.0 Å². The van der Waals surface area contributed by atoms with Gasteiger partial charge in [0, 0.05) is 12.6 Å². The largest absolute Gasteiger partial charge is 0.375 e. The molecule has 0 saturated heterocycles. The lowest BCUT2D eigenvalue weighted by molar-refractivity contribution is 0.583. The van der Waals surface area contributed by atoms with Crippen LogP contribution < -0.4 is 5.32 Å². The first-order valence-corrected chi connectivity index (χ1v) is 5.26. The molecule has 0 unspecified atom stereocenters. The first kappa shape index (κ1) is 11.5. The van der Waals surface area contributed by atoms with E-state index >= 15 is 0 Å². The topological polar surface area (TPSA) is 42.7 Å². The highest BCUT2D eigenvalue weighted by atomic mass is 19.1. The number of aryl methyl sites for hydroxylation is 1. The molecule has 0 aliphatic heterocycles. The van der Waals surface area contributed by atoms with E-state index in [4.69, 9.17) is 0 Å². The standard InChI is InChI=1S/C11H12F2N4/c1-2-17-11(15-7-16-17)6-14-10-4-3-8(12)5-9(10)13/h3-5,7,14H,2,6H2,1H3. The van der Waals surface area contributed by atoms with E-state index in [0.717, 1.165) is 6.07 Å². The molecule has 0 bridgehead atoms. The number of anilines is 1. The monoisotopic (exact) mass is 238 g/mol. The lowest BCUT2D eigenvalue weighted by atomic mass is 10.3. The molecule has 4 nitrogen and oxygen atoms in total. The normalized spacial score (nSPS) is 10.5. The van der Waals surface area contributed by atoms with Gasteiger partial charge >= 0.3 is 0 Å². The molecule has 2 rings (SSSR count). The van der Waals surface area contributed by atoms with E-state index in [1.165, 1.54) is 18.5 Å². The van der Waals surface area contributed by atoms with Crippen molar-refractivity contribution in [3.8, 4) is 0 Å². The van der Waals surface area contributed by atoms with E-state index in [2.05, 4.69) is 15.4 Å². The molecule has 17 heavy (non-hydrogen) atoms. The highest BCUT2D eigenvalue weighted by Crippen LogP contribution is 2.15. The van der Waals surface area contributed by atoms with E-state index < -0.39 is 11.6 Å². The van der Waals surface area contributed by atoms with Crippen molar-refractivity contribution < 1.29 is 8.78 Å². The molecule has 0 radical (unpaired) electrons. The fraction of sp³-hybridized carbons (Fsp3) is 0.273. The molecule has 0 atom stereocenters. The fourth-order valence-corrected chi connectivity index (χ4v) is 1.50. The number of rotatable bonds is 4. The van der Waals surface area contributed by atoms with Crippen LogP contribution in [0.25, 0.3) is 0 Å². The lowest BCUT2D eigenvalue weighted by Crippen LogP contribution is -2.09. The summed E-state index contributed by atoms with van der Waals surface area (Å²) in [5.74, 6) is -0.506. The lowest BCUT2D eigenvalue weighted by Gasteiger charge is -2.07. The SMILES string of the molecule is CCn1ncnc1CNc1ccc(F)cc1F. The molecule has 1 aromatic heterocycles. The Kier molecular flexibility index (Phi) is 3.32. The molecule has 0 spiro atoms. The average molecular weight is 238 g/mol. The third kappa shape index (κ3) is 2.58. The van der Waals surface area contributed by atoms with Crippen LogP contribution in [0, 0.1) is 11.6 Å². The molecule has 1 N–H and O–H groups in total. The van der Waals surface area contributed by atoms with Gasteiger partial charge in [0.25, 0.3) is 0 Å². The van der Waals surface area contributed by atoms with Gasteiger partial charge in [0.05, 0.1) is 12.2 Å². The third-order valence-electron chi connectivity index (χ3n) is 2.36. The minimum atomic E-state index is -0.618. The van der Waals surface area contributed by atoms with Crippen LogP contribution in [0.3, 0.4) is 0 Å². The number of nitrogens with zero attached hydrogens (tertiary/aromatic N) is 3. The number of hydrogen-bond acceptors (Lipinski definition) is 3. The number of aromatic nitrogens is 3. The van der Waals surface area contributed by atoms with Crippen molar-refractivity contribution in [3.05, 3.63) is 42.0 Å². The minimum Gasteiger partial charge on any atom is -0.375 e. The smallest absolute Gasteiger partial charge is 0.149 e. The Hall–Kier alpha value is -1.98. The van der Waals surface area contributed by atoms with Gasteiger partial charge in [0.1, 0.15) is 23.8 Å². The van der Waals surface area contributed by atoms with Crippen LogP contribution >= 0.6 is 0 Å². The van der Waals surface area contributed by atoms with Crippen LogP contribution in [0.15, 0.2) is 24.5 Å². The minimum absolute atomic E-state index is 0.247. The van der Waals surface area contributed by atoms with E-state index in [1.807, 2.05) is 6.92 Å². The predicted octanol–water partition coefficient (Wildman–Crippen LogP) is 2.19. The van der Waals surface area contributed by atoms with Crippen LogP contribution in [0.1, 0.15) is 12.7 Å². The molecule has 1 heterocycles. The van der Waals surface area contributed by atoms with E-state index in [0.29, 0.717) is 18.9 Å². The van der Waals surface area contributed by atoms with Gasteiger partial charge in [-0.05, 0) is 19.1 Å². The van der Waals surface area contributed by atoms with Crippen molar-refractivity contribution in [1.82, 2.24) is 14.8 Å². The highest BCUT2D eigenvalue weighted by Gasteiger charge is 2.06. The summed E-state index contributed by atoms with van der Waals surface area (Å²) in [6.45, 7) is 2.98. The quantitative estimate of drug-likeness (QED) is 0.887. The zero-order chi connectivity index (χ0) is 12.3. The summed E-state index contributed by atoms with van der Waals surface area (Å²) in [6, 6.07) is 3.40. The Morgan fingerprint density at radius 1 is 1.35 bits per heavy atom.